The number of hydrazine groups is 1. The van der Waals surface area contributed by atoms with Crippen LogP contribution in [0.1, 0.15) is 24.3 Å². The SMILES string of the molecule is COc1ccc2oc(C3=C(C)NC4C(c5ccccc5)C(C(F)(F)F)NN4C3=O)nc2c1. The molecule has 2 aliphatic rings. The number of carbonyl (C=O) groups is 1. The summed E-state index contributed by atoms with van der Waals surface area (Å²) in [6.45, 7) is 1.63. The Labute approximate surface area is 180 Å². The Bertz CT molecular complexity index is 1220. The van der Waals surface area contributed by atoms with Crippen LogP contribution in [0, 0.1) is 0 Å². The number of nitrogens with zero attached hydrogens (tertiary/aromatic N) is 2. The number of rotatable bonds is 3. The summed E-state index contributed by atoms with van der Waals surface area (Å²) in [6, 6.07) is 11.4. The largest absolute Gasteiger partial charge is 0.497 e. The van der Waals surface area contributed by atoms with E-state index in [1.54, 1.807) is 55.5 Å². The van der Waals surface area contributed by atoms with E-state index in [2.05, 4.69) is 15.7 Å². The van der Waals surface area contributed by atoms with E-state index in [1.807, 2.05) is 0 Å². The van der Waals surface area contributed by atoms with Gasteiger partial charge in [0.1, 0.15) is 29.0 Å². The molecular weight excluding hydrogens is 425 g/mol. The van der Waals surface area contributed by atoms with Gasteiger partial charge in [-0.25, -0.2) is 15.4 Å². The van der Waals surface area contributed by atoms with E-state index in [0.29, 0.717) is 28.1 Å². The van der Waals surface area contributed by atoms with Gasteiger partial charge in [-0.05, 0) is 24.6 Å². The molecule has 2 aliphatic heterocycles. The van der Waals surface area contributed by atoms with E-state index in [1.165, 1.54) is 7.11 Å². The van der Waals surface area contributed by atoms with Gasteiger partial charge in [0, 0.05) is 11.8 Å². The zero-order chi connectivity index (χ0) is 22.6. The molecule has 10 heteroatoms. The van der Waals surface area contributed by atoms with Crippen LogP contribution < -0.4 is 15.5 Å². The number of amides is 1. The number of carbonyl (C=O) groups excluding carboxylic acids is 1. The zero-order valence-electron chi connectivity index (χ0n) is 17.1. The number of oxazole rings is 1. The first kappa shape index (κ1) is 20.4. The third kappa shape index (κ3) is 3.18. The number of aromatic nitrogens is 1. The average molecular weight is 444 g/mol. The van der Waals surface area contributed by atoms with Crippen molar-refractivity contribution < 1.29 is 27.1 Å². The summed E-state index contributed by atoms with van der Waals surface area (Å²) < 4.78 is 52.6. The van der Waals surface area contributed by atoms with Gasteiger partial charge in [0.15, 0.2) is 5.58 Å². The molecule has 1 amide bonds. The van der Waals surface area contributed by atoms with Crippen molar-refractivity contribution in [3.63, 3.8) is 0 Å². The fourth-order valence-corrected chi connectivity index (χ4v) is 4.29. The van der Waals surface area contributed by atoms with Gasteiger partial charge in [0.25, 0.3) is 5.91 Å². The number of allylic oxidation sites excluding steroid dienone is 1. The summed E-state index contributed by atoms with van der Waals surface area (Å²) in [7, 11) is 1.52. The lowest BCUT2D eigenvalue weighted by atomic mass is 9.89. The molecule has 0 bridgehead atoms. The third-order valence-corrected chi connectivity index (χ3v) is 5.77. The molecule has 0 radical (unpaired) electrons. The van der Waals surface area contributed by atoms with Gasteiger partial charge in [-0.15, -0.1) is 0 Å². The van der Waals surface area contributed by atoms with Gasteiger partial charge in [-0.1, -0.05) is 30.3 Å². The second kappa shape index (κ2) is 7.27. The van der Waals surface area contributed by atoms with Crippen LogP contribution >= 0.6 is 0 Å². The van der Waals surface area contributed by atoms with Crippen molar-refractivity contribution in [2.75, 3.05) is 7.11 Å². The number of hydrogen-bond donors (Lipinski definition) is 2. The number of hydrogen-bond acceptors (Lipinski definition) is 6. The molecule has 0 aliphatic carbocycles. The van der Waals surface area contributed by atoms with Crippen molar-refractivity contribution in [2.45, 2.75) is 31.2 Å². The van der Waals surface area contributed by atoms with Crippen molar-refractivity contribution in [1.82, 2.24) is 20.7 Å². The first-order chi connectivity index (χ1) is 15.3. The minimum atomic E-state index is -4.57. The molecule has 1 fully saturated rings. The Morgan fingerprint density at radius 2 is 1.91 bits per heavy atom. The highest BCUT2D eigenvalue weighted by Gasteiger charge is 2.58. The summed E-state index contributed by atoms with van der Waals surface area (Å²) in [5.41, 5.74) is 4.21. The quantitative estimate of drug-likeness (QED) is 0.643. The molecule has 1 aromatic heterocycles. The second-order valence-corrected chi connectivity index (χ2v) is 7.70. The van der Waals surface area contributed by atoms with Gasteiger partial charge in [-0.3, -0.25) is 4.79 Å². The van der Waals surface area contributed by atoms with Crippen LogP contribution in [0.5, 0.6) is 5.75 Å². The van der Waals surface area contributed by atoms with E-state index >= 15 is 0 Å². The van der Waals surface area contributed by atoms with E-state index in [9.17, 15) is 18.0 Å². The molecule has 32 heavy (non-hydrogen) atoms. The molecule has 1 saturated heterocycles. The molecule has 0 spiro atoms. The first-order valence-electron chi connectivity index (χ1n) is 9.91. The summed E-state index contributed by atoms with van der Waals surface area (Å²) in [5, 5.41) is 4.07. The molecule has 3 heterocycles. The van der Waals surface area contributed by atoms with Gasteiger partial charge in [0.05, 0.1) is 13.0 Å². The smallest absolute Gasteiger partial charge is 0.406 e. The van der Waals surface area contributed by atoms with Crippen LogP contribution in [-0.4, -0.2) is 41.4 Å². The number of ether oxygens (including phenoxy) is 1. The average Bonchev–Trinajstić information content (AvgIpc) is 3.35. The second-order valence-electron chi connectivity index (χ2n) is 7.70. The third-order valence-electron chi connectivity index (χ3n) is 5.77. The maximum atomic E-state index is 13.9. The number of halogens is 3. The standard InChI is InChI=1S/C22H19F3N4O3/c1-11-16(20-27-14-10-13(31-2)8-9-15(14)32-20)21(30)29-19(26-11)17(12-6-4-3-5-7-12)18(28-29)22(23,24)25/h3-10,17-19,26,28H,1-2H3. The number of benzene rings is 2. The summed E-state index contributed by atoms with van der Waals surface area (Å²) in [6.07, 6.45) is -5.49. The lowest BCUT2D eigenvalue weighted by molar-refractivity contribution is -0.161. The molecule has 3 unspecified atom stereocenters. The van der Waals surface area contributed by atoms with Gasteiger partial charge in [-0.2, -0.15) is 13.2 Å². The zero-order valence-corrected chi connectivity index (χ0v) is 17.1. The Balaban J connectivity index is 1.56. The monoisotopic (exact) mass is 444 g/mol. The molecular formula is C22H19F3N4O3. The van der Waals surface area contributed by atoms with Crippen molar-refractivity contribution in [3.05, 3.63) is 65.7 Å². The number of methoxy groups -OCH3 is 1. The highest BCUT2D eigenvalue weighted by Crippen LogP contribution is 2.42. The van der Waals surface area contributed by atoms with Crippen LogP contribution in [0.2, 0.25) is 0 Å². The van der Waals surface area contributed by atoms with Gasteiger partial charge in [0.2, 0.25) is 5.89 Å². The fraction of sp³-hybridized carbons (Fsp3) is 0.273. The first-order valence-corrected chi connectivity index (χ1v) is 9.91. The number of alkyl halides is 3. The Morgan fingerprint density at radius 3 is 2.59 bits per heavy atom. The highest BCUT2D eigenvalue weighted by molar-refractivity contribution is 6.20. The normalized spacial score (nSPS) is 23.5. The van der Waals surface area contributed by atoms with Gasteiger partial charge >= 0.3 is 6.18 Å². The molecule has 2 N–H and O–H groups in total. The molecule has 2 aromatic carbocycles. The van der Waals surface area contributed by atoms with Crippen LogP contribution in [0.15, 0.2) is 58.6 Å². The Kier molecular flexibility index (Phi) is 4.63. The fourth-order valence-electron chi connectivity index (χ4n) is 4.29. The molecule has 3 atom stereocenters. The molecule has 166 valence electrons. The lowest BCUT2D eigenvalue weighted by Gasteiger charge is -2.34. The van der Waals surface area contributed by atoms with Crippen LogP contribution in [0.25, 0.3) is 16.7 Å². The van der Waals surface area contributed by atoms with Crippen LogP contribution in [0.4, 0.5) is 13.2 Å². The van der Waals surface area contributed by atoms with Crippen LogP contribution in [-0.2, 0) is 4.79 Å². The predicted octanol–water partition coefficient (Wildman–Crippen LogP) is 3.56. The highest BCUT2D eigenvalue weighted by atomic mass is 19.4. The van der Waals surface area contributed by atoms with E-state index in [-0.39, 0.29) is 11.5 Å². The maximum Gasteiger partial charge on any atom is 0.406 e. The van der Waals surface area contributed by atoms with Gasteiger partial charge < -0.3 is 14.5 Å². The summed E-state index contributed by atoms with van der Waals surface area (Å²) in [5.74, 6) is -1.09. The number of fused-ring (bicyclic) bond motifs is 2. The van der Waals surface area contributed by atoms with Crippen LogP contribution in [0.3, 0.4) is 0 Å². The van der Waals surface area contributed by atoms with E-state index < -0.39 is 30.2 Å². The summed E-state index contributed by atoms with van der Waals surface area (Å²) in [4.78, 5) is 17.7. The van der Waals surface area contributed by atoms with Crippen molar-refractivity contribution in [3.8, 4) is 5.75 Å². The molecule has 5 rings (SSSR count). The van der Waals surface area contributed by atoms with Crippen molar-refractivity contribution >= 4 is 22.6 Å². The van der Waals surface area contributed by atoms with Crippen molar-refractivity contribution in [1.29, 1.82) is 0 Å². The molecule has 7 nitrogen and oxygen atoms in total. The topological polar surface area (TPSA) is 79.6 Å². The Hall–Kier alpha value is -3.53. The molecule has 0 saturated carbocycles. The van der Waals surface area contributed by atoms with Crippen molar-refractivity contribution in [2.24, 2.45) is 0 Å². The van der Waals surface area contributed by atoms with E-state index in [0.717, 1.165) is 5.01 Å². The minimum absolute atomic E-state index is 0.0234. The predicted molar refractivity (Wildman–Crippen MR) is 109 cm³/mol. The number of nitrogens with one attached hydrogen (secondary N) is 2. The summed E-state index contributed by atoms with van der Waals surface area (Å²) >= 11 is 0. The Morgan fingerprint density at radius 1 is 1.16 bits per heavy atom. The minimum Gasteiger partial charge on any atom is -0.497 e. The van der Waals surface area contributed by atoms with E-state index in [4.69, 9.17) is 9.15 Å². The molecule has 3 aromatic rings. The maximum absolute atomic E-state index is 13.9. The lowest BCUT2D eigenvalue weighted by Crippen LogP contribution is -2.54.